The van der Waals surface area contributed by atoms with Crippen LogP contribution in [0, 0.1) is 0 Å². The molecule has 0 bridgehead atoms. The highest BCUT2D eigenvalue weighted by Gasteiger charge is 2.39. The number of methoxy groups -OCH3 is 1. The van der Waals surface area contributed by atoms with Crippen LogP contribution in [0.4, 0.5) is 0 Å². The summed E-state index contributed by atoms with van der Waals surface area (Å²) in [4.78, 5) is 11.6. The van der Waals surface area contributed by atoms with Gasteiger partial charge in [-0.1, -0.05) is 89.1 Å². The van der Waals surface area contributed by atoms with E-state index >= 15 is 0 Å². The summed E-state index contributed by atoms with van der Waals surface area (Å²) in [7, 11) is -0.519. The lowest BCUT2D eigenvalue weighted by Gasteiger charge is -2.39. The van der Waals surface area contributed by atoms with Gasteiger partial charge in [-0.25, -0.2) is 0 Å². The minimum Gasteiger partial charge on any atom is -0.469 e. The number of carbonyl (C=O) groups is 1. The first kappa shape index (κ1) is 27.3. The van der Waals surface area contributed by atoms with Crippen molar-refractivity contribution >= 4 is 25.1 Å². The molecule has 0 heterocycles. The fraction of sp³-hybridized carbons (Fsp3) is 0.552. The number of allylic oxidation sites excluding steroid dienone is 1. The monoisotopic (exact) mass is 468 g/mol. The first-order valence-electron chi connectivity index (χ1n) is 12.5. The fourth-order valence-corrected chi connectivity index (χ4v) is 5.04. The first-order chi connectivity index (χ1) is 15.6. The number of rotatable bonds is 12. The molecule has 2 aromatic rings. The largest absolute Gasteiger partial charge is 0.469 e. The number of aryl methyl sites for hydroxylation is 1. The summed E-state index contributed by atoms with van der Waals surface area (Å²) in [5.74, 6) is -0.171. The SMILES string of the molecule is CCCCC/C=C/CC(O[Si](C)(C)C(C)(C)C)c1cccc2ccc(CCC(=O)OC)cc12. The lowest BCUT2D eigenvalue weighted by Crippen LogP contribution is -2.41. The van der Waals surface area contributed by atoms with Crippen molar-refractivity contribution in [1.82, 2.24) is 0 Å². The van der Waals surface area contributed by atoms with E-state index in [4.69, 9.17) is 9.16 Å². The molecule has 2 aromatic carbocycles. The summed E-state index contributed by atoms with van der Waals surface area (Å²) >= 11 is 0. The van der Waals surface area contributed by atoms with Crippen molar-refractivity contribution in [2.45, 2.75) is 96.9 Å². The second kappa shape index (κ2) is 12.5. The molecule has 0 N–H and O–H groups in total. The molecule has 0 aromatic heterocycles. The van der Waals surface area contributed by atoms with Crippen LogP contribution >= 0.6 is 0 Å². The molecule has 0 radical (unpaired) electrons. The Kier molecular flexibility index (Phi) is 10.4. The average Bonchev–Trinajstić information content (AvgIpc) is 2.77. The van der Waals surface area contributed by atoms with Gasteiger partial charge in [0.05, 0.1) is 13.2 Å². The maximum absolute atomic E-state index is 11.6. The number of benzene rings is 2. The Balaban J connectivity index is 2.38. The van der Waals surface area contributed by atoms with Crippen molar-refractivity contribution in [2.75, 3.05) is 7.11 Å². The number of esters is 1. The molecular formula is C29H44O3Si. The van der Waals surface area contributed by atoms with E-state index in [9.17, 15) is 4.79 Å². The van der Waals surface area contributed by atoms with Crippen LogP contribution < -0.4 is 0 Å². The van der Waals surface area contributed by atoms with Crippen molar-refractivity contribution in [3.05, 3.63) is 59.7 Å². The molecule has 0 saturated heterocycles. The highest BCUT2D eigenvalue weighted by Crippen LogP contribution is 2.42. The number of ether oxygens (including phenoxy) is 1. The smallest absolute Gasteiger partial charge is 0.305 e. The summed E-state index contributed by atoms with van der Waals surface area (Å²) < 4.78 is 11.8. The Hall–Kier alpha value is -1.91. The second-order valence-electron chi connectivity index (χ2n) is 10.5. The van der Waals surface area contributed by atoms with E-state index in [0.29, 0.717) is 12.8 Å². The summed E-state index contributed by atoms with van der Waals surface area (Å²) in [6.45, 7) is 13.8. The van der Waals surface area contributed by atoms with Crippen LogP contribution in [0.2, 0.25) is 18.1 Å². The molecule has 2 rings (SSSR count). The Morgan fingerprint density at radius 2 is 1.85 bits per heavy atom. The van der Waals surface area contributed by atoms with Gasteiger partial charge >= 0.3 is 5.97 Å². The molecule has 3 nitrogen and oxygen atoms in total. The second-order valence-corrected chi connectivity index (χ2v) is 15.3. The van der Waals surface area contributed by atoms with Crippen LogP contribution in [0.15, 0.2) is 48.6 Å². The molecule has 0 aliphatic rings. The maximum Gasteiger partial charge on any atom is 0.305 e. The molecule has 1 atom stereocenters. The van der Waals surface area contributed by atoms with Crippen molar-refractivity contribution in [3.63, 3.8) is 0 Å². The first-order valence-corrected chi connectivity index (χ1v) is 15.4. The van der Waals surface area contributed by atoms with Crippen molar-refractivity contribution in [1.29, 1.82) is 0 Å². The third-order valence-electron chi connectivity index (χ3n) is 6.91. The predicted molar refractivity (Wildman–Crippen MR) is 143 cm³/mol. The summed E-state index contributed by atoms with van der Waals surface area (Å²) in [6, 6.07) is 13.0. The van der Waals surface area contributed by atoms with Crippen LogP contribution in [0.1, 0.15) is 83.5 Å². The van der Waals surface area contributed by atoms with Crippen molar-refractivity contribution < 1.29 is 14.0 Å². The predicted octanol–water partition coefficient (Wildman–Crippen LogP) is 8.53. The molecular weight excluding hydrogens is 424 g/mol. The third kappa shape index (κ3) is 8.11. The van der Waals surface area contributed by atoms with Gasteiger partial charge in [0, 0.05) is 6.42 Å². The van der Waals surface area contributed by atoms with Gasteiger partial charge in [0.1, 0.15) is 0 Å². The van der Waals surface area contributed by atoms with Gasteiger partial charge in [0.15, 0.2) is 8.32 Å². The maximum atomic E-state index is 11.6. The van der Waals surface area contributed by atoms with E-state index in [1.54, 1.807) is 0 Å². The van der Waals surface area contributed by atoms with E-state index < -0.39 is 8.32 Å². The molecule has 0 saturated carbocycles. The molecule has 0 aliphatic heterocycles. The zero-order valence-corrected chi connectivity index (χ0v) is 22.9. The quantitative estimate of drug-likeness (QED) is 0.135. The van der Waals surface area contributed by atoms with Gasteiger partial charge < -0.3 is 9.16 Å². The summed E-state index contributed by atoms with van der Waals surface area (Å²) in [6.07, 6.45) is 11.5. The average molecular weight is 469 g/mol. The zero-order chi connectivity index (χ0) is 24.5. The highest BCUT2D eigenvalue weighted by molar-refractivity contribution is 6.74. The standard InChI is InChI=1S/C29H44O3Si/c1-8-9-10-11-12-13-17-27(32-33(6,7)29(2,3)4)25-16-14-15-24-20-18-23(22-26(24)25)19-21-28(30)31-5/h12-16,18,20,22,27H,8-11,17,19,21H2,1-7H3/b13-12+. The zero-order valence-electron chi connectivity index (χ0n) is 21.9. The number of fused-ring (bicyclic) bond motifs is 1. The highest BCUT2D eigenvalue weighted by atomic mass is 28.4. The van der Waals surface area contributed by atoms with Crippen LogP contribution in [-0.2, 0) is 20.4 Å². The molecule has 1 unspecified atom stereocenters. The Bertz CT molecular complexity index is 924. The van der Waals surface area contributed by atoms with Crippen LogP contribution in [0.3, 0.4) is 0 Å². The number of hydrogen-bond acceptors (Lipinski definition) is 3. The van der Waals surface area contributed by atoms with Crippen LogP contribution in [0.5, 0.6) is 0 Å². The van der Waals surface area contributed by atoms with Crippen LogP contribution in [0.25, 0.3) is 10.8 Å². The van der Waals surface area contributed by atoms with Gasteiger partial charge in [-0.2, -0.15) is 0 Å². The molecule has 182 valence electrons. The molecule has 0 amide bonds. The Morgan fingerprint density at radius 1 is 1.09 bits per heavy atom. The Labute approximate surface area is 202 Å². The molecule has 33 heavy (non-hydrogen) atoms. The van der Waals surface area contributed by atoms with Gasteiger partial charge in [0.25, 0.3) is 0 Å². The van der Waals surface area contributed by atoms with Gasteiger partial charge in [-0.15, -0.1) is 0 Å². The lowest BCUT2D eigenvalue weighted by atomic mass is 9.96. The molecule has 0 fully saturated rings. The summed E-state index contributed by atoms with van der Waals surface area (Å²) in [5, 5.41) is 2.58. The molecule has 0 aliphatic carbocycles. The van der Waals surface area contributed by atoms with E-state index in [0.717, 1.165) is 18.4 Å². The minimum absolute atomic E-state index is 0.0212. The molecule has 4 heteroatoms. The number of unbranched alkanes of at least 4 members (excludes halogenated alkanes) is 3. The van der Waals surface area contributed by atoms with Gasteiger partial charge in [-0.05, 0) is 65.7 Å². The van der Waals surface area contributed by atoms with Crippen molar-refractivity contribution in [3.8, 4) is 0 Å². The summed E-state index contributed by atoms with van der Waals surface area (Å²) in [5.41, 5.74) is 2.40. The van der Waals surface area contributed by atoms with Gasteiger partial charge in [0.2, 0.25) is 0 Å². The Morgan fingerprint density at radius 3 is 2.52 bits per heavy atom. The van der Waals surface area contributed by atoms with E-state index in [1.165, 1.54) is 42.7 Å². The van der Waals surface area contributed by atoms with E-state index in [2.05, 4.69) is 89.3 Å². The van der Waals surface area contributed by atoms with Crippen LogP contribution in [-0.4, -0.2) is 21.4 Å². The van der Waals surface area contributed by atoms with E-state index in [-0.39, 0.29) is 17.1 Å². The normalized spacial score (nSPS) is 13.5. The van der Waals surface area contributed by atoms with E-state index in [1.807, 2.05) is 0 Å². The van der Waals surface area contributed by atoms with Crippen molar-refractivity contribution in [2.24, 2.45) is 0 Å². The lowest BCUT2D eigenvalue weighted by molar-refractivity contribution is -0.140. The fourth-order valence-electron chi connectivity index (χ4n) is 3.75. The third-order valence-corrected chi connectivity index (χ3v) is 11.4. The topological polar surface area (TPSA) is 35.5 Å². The minimum atomic E-state index is -1.96. The molecule has 0 spiro atoms. The number of hydrogen-bond donors (Lipinski definition) is 0. The number of carbonyl (C=O) groups excluding carboxylic acids is 1. The van der Waals surface area contributed by atoms with Gasteiger partial charge in [-0.3, -0.25) is 4.79 Å².